The second-order valence-corrected chi connectivity index (χ2v) is 3.33. The summed E-state index contributed by atoms with van der Waals surface area (Å²) in [4.78, 5) is 2.04. The van der Waals surface area contributed by atoms with Gasteiger partial charge in [-0.15, -0.1) is 0 Å². The summed E-state index contributed by atoms with van der Waals surface area (Å²) in [5, 5.41) is 3.13. The lowest BCUT2D eigenvalue weighted by Gasteiger charge is -2.14. The van der Waals surface area contributed by atoms with E-state index in [4.69, 9.17) is 11.5 Å². The van der Waals surface area contributed by atoms with Crippen molar-refractivity contribution < 1.29 is 0 Å². The molecular formula is C6H9N3S. The molecule has 0 fully saturated rings. The van der Waals surface area contributed by atoms with Crippen LogP contribution in [0.2, 0.25) is 0 Å². The molecule has 0 bridgehead atoms. The number of nitrogens with two attached hydrogens (primary N) is 2. The fourth-order valence-electron chi connectivity index (χ4n) is 1.15. The number of fused-ring (bicyclic) bond motifs is 1. The first-order valence-corrected chi connectivity index (χ1v) is 4.02. The van der Waals surface area contributed by atoms with Gasteiger partial charge >= 0.3 is 0 Å². The summed E-state index contributed by atoms with van der Waals surface area (Å²) in [6.45, 7) is 0.838. The van der Waals surface area contributed by atoms with Crippen LogP contribution in [-0.2, 0) is 0 Å². The summed E-state index contributed by atoms with van der Waals surface area (Å²) in [6.07, 6.45) is 2.04. The Kier molecular flexibility index (Phi) is 1.18. The van der Waals surface area contributed by atoms with E-state index in [1.165, 1.54) is 5.03 Å². The molecule has 2 aliphatic heterocycles. The van der Waals surface area contributed by atoms with Gasteiger partial charge in [0, 0.05) is 18.0 Å². The number of rotatable bonds is 0. The molecule has 2 heterocycles. The molecule has 0 amide bonds. The highest BCUT2D eigenvalue weighted by Crippen LogP contribution is 2.35. The molecule has 0 aromatic rings. The minimum absolute atomic E-state index is 0.162. The molecular weight excluding hydrogens is 146 g/mol. The van der Waals surface area contributed by atoms with Crippen molar-refractivity contribution in [2.24, 2.45) is 11.5 Å². The first-order valence-electron chi connectivity index (χ1n) is 3.14. The zero-order chi connectivity index (χ0) is 7.14. The largest absolute Gasteiger partial charge is 0.385 e. The number of thioether (sulfide) groups is 1. The molecule has 2 rings (SSSR count). The zero-order valence-corrected chi connectivity index (χ0v) is 6.27. The smallest absolute Gasteiger partial charge is 0.110 e. The SMILES string of the molecule is NC1=CSC2=CC(N)CN12. The maximum Gasteiger partial charge on any atom is 0.110 e. The van der Waals surface area contributed by atoms with Gasteiger partial charge in [-0.1, -0.05) is 11.8 Å². The fourth-order valence-corrected chi connectivity index (χ4v) is 2.08. The van der Waals surface area contributed by atoms with Crippen LogP contribution in [0.15, 0.2) is 22.3 Å². The Hall–Kier alpha value is -0.610. The Balaban J connectivity index is 2.25. The summed E-state index contributed by atoms with van der Waals surface area (Å²) in [5.41, 5.74) is 11.3. The van der Waals surface area contributed by atoms with Crippen LogP contribution in [0.3, 0.4) is 0 Å². The Bertz CT molecular complexity index is 221. The molecule has 1 unspecified atom stereocenters. The fraction of sp³-hybridized carbons (Fsp3) is 0.333. The quantitative estimate of drug-likeness (QED) is 0.516. The molecule has 0 spiro atoms. The van der Waals surface area contributed by atoms with E-state index in [0.29, 0.717) is 0 Å². The second kappa shape index (κ2) is 1.93. The Labute approximate surface area is 63.7 Å². The Morgan fingerprint density at radius 2 is 2.50 bits per heavy atom. The first kappa shape index (κ1) is 6.12. The lowest BCUT2D eigenvalue weighted by Crippen LogP contribution is -2.28. The van der Waals surface area contributed by atoms with Gasteiger partial charge in [-0.05, 0) is 6.08 Å². The predicted octanol–water partition coefficient (Wildman–Crippen LogP) is -0.0249. The van der Waals surface area contributed by atoms with Crippen molar-refractivity contribution in [3.8, 4) is 0 Å². The molecule has 0 radical (unpaired) electrons. The van der Waals surface area contributed by atoms with Crippen LogP contribution in [0.25, 0.3) is 0 Å². The van der Waals surface area contributed by atoms with Crippen molar-refractivity contribution >= 4 is 11.8 Å². The van der Waals surface area contributed by atoms with E-state index < -0.39 is 0 Å². The van der Waals surface area contributed by atoms with Gasteiger partial charge in [0.1, 0.15) is 5.82 Å². The van der Waals surface area contributed by atoms with Gasteiger partial charge in [0.25, 0.3) is 0 Å². The van der Waals surface area contributed by atoms with Crippen LogP contribution in [0.5, 0.6) is 0 Å². The van der Waals surface area contributed by atoms with Crippen molar-refractivity contribution in [1.82, 2.24) is 4.90 Å². The van der Waals surface area contributed by atoms with Gasteiger partial charge in [0.05, 0.1) is 5.03 Å². The zero-order valence-electron chi connectivity index (χ0n) is 5.45. The van der Waals surface area contributed by atoms with Crippen LogP contribution in [0.4, 0.5) is 0 Å². The molecule has 2 aliphatic rings. The van der Waals surface area contributed by atoms with E-state index in [2.05, 4.69) is 0 Å². The summed E-state index contributed by atoms with van der Waals surface area (Å²) >= 11 is 1.64. The third kappa shape index (κ3) is 0.726. The van der Waals surface area contributed by atoms with E-state index in [0.717, 1.165) is 12.4 Å². The van der Waals surface area contributed by atoms with Crippen LogP contribution < -0.4 is 11.5 Å². The highest BCUT2D eigenvalue weighted by molar-refractivity contribution is 8.06. The minimum atomic E-state index is 0.162. The highest BCUT2D eigenvalue weighted by atomic mass is 32.2. The van der Waals surface area contributed by atoms with Crippen LogP contribution >= 0.6 is 11.8 Å². The monoisotopic (exact) mass is 155 g/mol. The van der Waals surface area contributed by atoms with E-state index >= 15 is 0 Å². The van der Waals surface area contributed by atoms with Crippen molar-refractivity contribution in [2.45, 2.75) is 6.04 Å². The molecule has 54 valence electrons. The molecule has 0 aromatic heterocycles. The maximum atomic E-state index is 5.67. The normalized spacial score (nSPS) is 30.1. The average Bonchev–Trinajstić information content (AvgIpc) is 2.35. The van der Waals surface area contributed by atoms with Crippen molar-refractivity contribution in [1.29, 1.82) is 0 Å². The van der Waals surface area contributed by atoms with Gasteiger partial charge in [-0.25, -0.2) is 0 Å². The minimum Gasteiger partial charge on any atom is -0.385 e. The standard InChI is InChI=1S/C6H9N3S/c7-4-1-6-9(2-4)5(8)3-10-6/h1,3-4H,2,7-8H2. The molecule has 10 heavy (non-hydrogen) atoms. The lowest BCUT2D eigenvalue weighted by atomic mass is 10.3. The van der Waals surface area contributed by atoms with E-state index in [9.17, 15) is 0 Å². The van der Waals surface area contributed by atoms with E-state index in [1.54, 1.807) is 11.8 Å². The van der Waals surface area contributed by atoms with Crippen LogP contribution in [0.1, 0.15) is 0 Å². The average molecular weight is 155 g/mol. The van der Waals surface area contributed by atoms with E-state index in [-0.39, 0.29) is 6.04 Å². The van der Waals surface area contributed by atoms with Crippen molar-refractivity contribution in [3.05, 3.63) is 22.3 Å². The van der Waals surface area contributed by atoms with Gasteiger partial charge in [0.15, 0.2) is 0 Å². The first-order chi connectivity index (χ1) is 4.77. The summed E-state index contributed by atoms with van der Waals surface area (Å²) < 4.78 is 0. The molecule has 0 aliphatic carbocycles. The molecule has 4 heteroatoms. The highest BCUT2D eigenvalue weighted by Gasteiger charge is 2.26. The van der Waals surface area contributed by atoms with Gasteiger partial charge in [-0.3, -0.25) is 0 Å². The van der Waals surface area contributed by atoms with Crippen molar-refractivity contribution in [2.75, 3.05) is 6.54 Å². The van der Waals surface area contributed by atoms with Crippen molar-refractivity contribution in [3.63, 3.8) is 0 Å². The summed E-state index contributed by atoms with van der Waals surface area (Å²) in [6, 6.07) is 0.162. The molecule has 1 atom stereocenters. The van der Waals surface area contributed by atoms with E-state index in [1.807, 2.05) is 16.4 Å². The molecule has 0 saturated carbocycles. The molecule has 4 N–H and O–H groups in total. The Morgan fingerprint density at radius 3 is 3.20 bits per heavy atom. The third-order valence-corrected chi connectivity index (χ3v) is 2.59. The molecule has 3 nitrogen and oxygen atoms in total. The topological polar surface area (TPSA) is 55.3 Å². The van der Waals surface area contributed by atoms with Crippen LogP contribution in [-0.4, -0.2) is 17.5 Å². The number of hydrogen-bond donors (Lipinski definition) is 2. The summed E-state index contributed by atoms with van der Waals surface area (Å²) in [7, 11) is 0. The van der Waals surface area contributed by atoms with Crippen LogP contribution in [0, 0.1) is 0 Å². The van der Waals surface area contributed by atoms with Gasteiger partial charge in [0.2, 0.25) is 0 Å². The second-order valence-electron chi connectivity index (χ2n) is 2.44. The molecule has 0 saturated heterocycles. The van der Waals surface area contributed by atoms with Gasteiger partial charge < -0.3 is 16.4 Å². The van der Waals surface area contributed by atoms with Gasteiger partial charge in [-0.2, -0.15) is 0 Å². The molecule has 0 aromatic carbocycles. The lowest BCUT2D eigenvalue weighted by molar-refractivity contribution is 0.474. The third-order valence-electron chi connectivity index (χ3n) is 1.63. The maximum absolute atomic E-state index is 5.67. The predicted molar refractivity (Wildman–Crippen MR) is 42.6 cm³/mol. The number of hydrogen-bond acceptors (Lipinski definition) is 4. The Morgan fingerprint density at radius 1 is 1.70 bits per heavy atom. The summed E-state index contributed by atoms with van der Waals surface area (Å²) in [5.74, 6) is 0.823. The number of nitrogens with zero attached hydrogens (tertiary/aromatic N) is 1.